The number of carbonyl (C=O) groups is 1. The van der Waals surface area contributed by atoms with Crippen molar-refractivity contribution in [2.45, 2.75) is 19.3 Å². The molecule has 2 N–H and O–H groups in total. The van der Waals surface area contributed by atoms with Gasteiger partial charge in [0.15, 0.2) is 17.2 Å². The summed E-state index contributed by atoms with van der Waals surface area (Å²) in [5.41, 5.74) is 5.57. The first kappa shape index (κ1) is 16.8. The summed E-state index contributed by atoms with van der Waals surface area (Å²) in [4.78, 5) is 12.3. The molecule has 0 radical (unpaired) electrons. The molecule has 0 fully saturated rings. The average molecular weight is 344 g/mol. The van der Waals surface area contributed by atoms with E-state index in [9.17, 15) is 4.79 Å². The number of rotatable bonds is 6. The Morgan fingerprint density at radius 3 is 2.60 bits per heavy atom. The van der Waals surface area contributed by atoms with Gasteiger partial charge in [0.2, 0.25) is 0 Å². The average Bonchev–Trinajstić information content (AvgIpc) is 3.24. The largest absolute Gasteiger partial charge is 0.496 e. The molecule has 0 atom stereocenters. The summed E-state index contributed by atoms with van der Waals surface area (Å²) in [6.45, 7) is 0. The number of hydrogen-bond donors (Lipinski definition) is 2. The van der Waals surface area contributed by atoms with Gasteiger partial charge in [0.05, 0.1) is 27.5 Å². The minimum Gasteiger partial charge on any atom is -0.496 e. The highest BCUT2D eigenvalue weighted by Gasteiger charge is 2.22. The normalized spacial score (nSPS) is 12.9. The van der Waals surface area contributed by atoms with Crippen LogP contribution in [0.15, 0.2) is 17.2 Å². The van der Waals surface area contributed by atoms with Gasteiger partial charge >= 0.3 is 0 Å². The summed E-state index contributed by atoms with van der Waals surface area (Å²) in [7, 11) is 4.64. The quantitative estimate of drug-likeness (QED) is 0.614. The number of nitrogens with zero attached hydrogens (tertiary/aromatic N) is 2. The summed E-state index contributed by atoms with van der Waals surface area (Å²) < 4.78 is 15.8. The van der Waals surface area contributed by atoms with Gasteiger partial charge in [-0.15, -0.1) is 0 Å². The summed E-state index contributed by atoms with van der Waals surface area (Å²) in [6, 6.07) is 3.42. The number of hydrazone groups is 1. The highest BCUT2D eigenvalue weighted by molar-refractivity contribution is 5.95. The van der Waals surface area contributed by atoms with Crippen LogP contribution in [-0.4, -0.2) is 43.6 Å². The van der Waals surface area contributed by atoms with E-state index in [-0.39, 0.29) is 5.91 Å². The standard InChI is InChI=1S/C17H20N4O4/c1-23-13-8-15(25-3)14(24-2)7-10(13)9-18-21-17(22)16-11-5-4-6-12(11)19-20-16/h7-9H,4-6H2,1-3H3,(H,19,20)(H,21,22)/b18-9-. The van der Waals surface area contributed by atoms with Crippen LogP contribution in [0, 0.1) is 0 Å². The van der Waals surface area contributed by atoms with E-state index >= 15 is 0 Å². The number of aromatic nitrogens is 2. The molecule has 25 heavy (non-hydrogen) atoms. The number of H-pyrrole nitrogens is 1. The van der Waals surface area contributed by atoms with Gasteiger partial charge < -0.3 is 14.2 Å². The van der Waals surface area contributed by atoms with Gasteiger partial charge in [0.25, 0.3) is 5.91 Å². The monoisotopic (exact) mass is 344 g/mol. The van der Waals surface area contributed by atoms with Gasteiger partial charge in [0, 0.05) is 22.9 Å². The summed E-state index contributed by atoms with van der Waals surface area (Å²) in [6.07, 6.45) is 4.32. The van der Waals surface area contributed by atoms with Gasteiger partial charge in [-0.1, -0.05) is 0 Å². The zero-order chi connectivity index (χ0) is 17.8. The molecular weight excluding hydrogens is 324 g/mol. The Labute approximate surface area is 145 Å². The van der Waals surface area contributed by atoms with Crippen LogP contribution < -0.4 is 19.6 Å². The Morgan fingerprint density at radius 2 is 1.88 bits per heavy atom. The van der Waals surface area contributed by atoms with Gasteiger partial charge in [-0.25, -0.2) is 5.43 Å². The van der Waals surface area contributed by atoms with E-state index in [0.717, 1.165) is 30.5 Å². The first-order valence-corrected chi connectivity index (χ1v) is 7.87. The van der Waals surface area contributed by atoms with Crippen LogP contribution in [0.25, 0.3) is 0 Å². The van der Waals surface area contributed by atoms with E-state index in [1.807, 2.05) is 0 Å². The summed E-state index contributed by atoms with van der Waals surface area (Å²) >= 11 is 0. The number of nitrogens with one attached hydrogen (secondary N) is 2. The van der Waals surface area contributed by atoms with Crippen molar-refractivity contribution < 1.29 is 19.0 Å². The SMILES string of the molecule is COc1cc(OC)c(OC)cc1/C=N\NC(=O)c1n[nH]c2c1CCC2. The lowest BCUT2D eigenvalue weighted by Crippen LogP contribution is -2.19. The van der Waals surface area contributed by atoms with Crippen molar-refractivity contribution in [3.05, 3.63) is 34.6 Å². The number of hydrogen-bond acceptors (Lipinski definition) is 6. The second-order valence-electron chi connectivity index (χ2n) is 5.53. The highest BCUT2D eigenvalue weighted by atomic mass is 16.5. The van der Waals surface area contributed by atoms with Crippen molar-refractivity contribution in [3.63, 3.8) is 0 Å². The fourth-order valence-electron chi connectivity index (χ4n) is 2.87. The van der Waals surface area contributed by atoms with Crippen LogP contribution in [0.5, 0.6) is 17.2 Å². The van der Waals surface area contributed by atoms with Crippen molar-refractivity contribution in [3.8, 4) is 17.2 Å². The maximum atomic E-state index is 12.3. The molecule has 1 aromatic heterocycles. The molecule has 0 saturated heterocycles. The second kappa shape index (κ2) is 7.25. The molecule has 1 aliphatic carbocycles. The Hall–Kier alpha value is -3.03. The van der Waals surface area contributed by atoms with Crippen molar-refractivity contribution in [2.75, 3.05) is 21.3 Å². The van der Waals surface area contributed by atoms with Crippen LogP contribution >= 0.6 is 0 Å². The number of carbonyl (C=O) groups excluding carboxylic acids is 1. The maximum Gasteiger partial charge on any atom is 0.292 e. The summed E-state index contributed by atoms with van der Waals surface area (Å²) in [5, 5.41) is 11.0. The molecular formula is C17H20N4O4. The van der Waals surface area contributed by atoms with E-state index in [4.69, 9.17) is 14.2 Å². The predicted octanol–water partition coefficient (Wildman–Crippen LogP) is 1.69. The first-order chi connectivity index (χ1) is 12.2. The van der Waals surface area contributed by atoms with Gasteiger partial charge in [-0.05, 0) is 25.3 Å². The van der Waals surface area contributed by atoms with Crippen molar-refractivity contribution in [2.24, 2.45) is 5.10 Å². The number of benzene rings is 1. The second-order valence-corrected chi connectivity index (χ2v) is 5.53. The molecule has 1 aromatic carbocycles. The van der Waals surface area contributed by atoms with Gasteiger partial charge in [-0.2, -0.15) is 10.2 Å². The van der Waals surface area contributed by atoms with E-state index in [0.29, 0.717) is 28.5 Å². The van der Waals surface area contributed by atoms with Crippen LogP contribution in [0.3, 0.4) is 0 Å². The Balaban J connectivity index is 1.76. The molecule has 1 heterocycles. The minimum absolute atomic E-state index is 0.338. The zero-order valence-electron chi connectivity index (χ0n) is 14.4. The molecule has 0 spiro atoms. The third-order valence-corrected chi connectivity index (χ3v) is 4.13. The number of amides is 1. The first-order valence-electron chi connectivity index (χ1n) is 7.87. The molecule has 0 aliphatic heterocycles. The van der Waals surface area contributed by atoms with E-state index in [1.165, 1.54) is 6.21 Å². The van der Waals surface area contributed by atoms with Crippen molar-refractivity contribution in [1.82, 2.24) is 15.6 Å². The number of fused-ring (bicyclic) bond motifs is 1. The molecule has 0 bridgehead atoms. The van der Waals surface area contributed by atoms with Crippen LogP contribution in [-0.2, 0) is 12.8 Å². The molecule has 1 amide bonds. The molecule has 1 aliphatic rings. The minimum atomic E-state index is -0.338. The van der Waals surface area contributed by atoms with Crippen molar-refractivity contribution in [1.29, 1.82) is 0 Å². The third-order valence-electron chi connectivity index (χ3n) is 4.13. The Bertz CT molecular complexity index is 813. The fraction of sp³-hybridized carbons (Fsp3) is 0.353. The maximum absolute atomic E-state index is 12.3. The lowest BCUT2D eigenvalue weighted by atomic mass is 10.2. The van der Waals surface area contributed by atoms with Gasteiger partial charge in [-0.3, -0.25) is 9.89 Å². The molecule has 0 saturated carbocycles. The molecule has 2 aromatic rings. The van der Waals surface area contributed by atoms with Crippen LogP contribution in [0.1, 0.15) is 33.7 Å². The van der Waals surface area contributed by atoms with Gasteiger partial charge in [0.1, 0.15) is 5.75 Å². The van der Waals surface area contributed by atoms with E-state index < -0.39 is 0 Å². The molecule has 8 nitrogen and oxygen atoms in total. The highest BCUT2D eigenvalue weighted by Crippen LogP contribution is 2.33. The number of methoxy groups -OCH3 is 3. The lowest BCUT2D eigenvalue weighted by molar-refractivity contribution is 0.0949. The smallest absolute Gasteiger partial charge is 0.292 e. The molecule has 0 unspecified atom stereocenters. The molecule has 132 valence electrons. The van der Waals surface area contributed by atoms with Crippen LogP contribution in [0.2, 0.25) is 0 Å². The molecule has 3 rings (SSSR count). The number of ether oxygens (including phenoxy) is 3. The number of aromatic amines is 1. The Morgan fingerprint density at radius 1 is 1.16 bits per heavy atom. The van der Waals surface area contributed by atoms with E-state index in [2.05, 4.69) is 20.7 Å². The topological polar surface area (TPSA) is 97.8 Å². The zero-order valence-corrected chi connectivity index (χ0v) is 14.4. The molecule has 8 heteroatoms. The Kier molecular flexibility index (Phi) is 4.87. The predicted molar refractivity (Wildman–Crippen MR) is 91.8 cm³/mol. The summed E-state index contributed by atoms with van der Waals surface area (Å²) in [5.74, 6) is 1.31. The van der Waals surface area contributed by atoms with Crippen LogP contribution in [0.4, 0.5) is 0 Å². The fourth-order valence-corrected chi connectivity index (χ4v) is 2.87. The number of aryl methyl sites for hydroxylation is 1. The third kappa shape index (κ3) is 3.28. The van der Waals surface area contributed by atoms with Crippen molar-refractivity contribution >= 4 is 12.1 Å². The lowest BCUT2D eigenvalue weighted by Gasteiger charge is -2.11. The van der Waals surface area contributed by atoms with E-state index in [1.54, 1.807) is 33.5 Å².